The molecule has 28 heavy (non-hydrogen) atoms. The largest absolute Gasteiger partial charge is 0.343 e. The number of halogens is 3. The Bertz CT molecular complexity index is 1090. The van der Waals surface area contributed by atoms with Crippen molar-refractivity contribution in [2.24, 2.45) is 0 Å². The van der Waals surface area contributed by atoms with Gasteiger partial charge in [-0.05, 0) is 30.3 Å². The molecule has 0 aliphatic heterocycles. The van der Waals surface area contributed by atoms with E-state index in [1.165, 1.54) is 12.3 Å². The molecule has 0 saturated carbocycles. The summed E-state index contributed by atoms with van der Waals surface area (Å²) in [7, 11) is 0. The van der Waals surface area contributed by atoms with E-state index in [0.29, 0.717) is 22.8 Å². The number of benzene rings is 2. The van der Waals surface area contributed by atoms with Gasteiger partial charge in [0.05, 0.1) is 35.2 Å². The molecule has 0 saturated heterocycles. The first kappa shape index (κ1) is 19.0. The third-order valence-electron chi connectivity index (χ3n) is 3.61. The number of anilines is 1. The minimum atomic E-state index is -1.69. The van der Waals surface area contributed by atoms with E-state index < -0.39 is 41.5 Å². The maximum atomic E-state index is 13.5. The van der Waals surface area contributed by atoms with Crippen LogP contribution in [0.2, 0.25) is 0 Å². The maximum absolute atomic E-state index is 13.5. The third kappa shape index (κ3) is 4.50. The lowest BCUT2D eigenvalue weighted by molar-refractivity contribution is -0.121. The third-order valence-corrected chi connectivity index (χ3v) is 3.61. The second kappa shape index (κ2) is 8.30. The number of aromatic nitrogens is 2. The highest BCUT2D eigenvalue weighted by Gasteiger charge is 2.15. The first-order valence-electron chi connectivity index (χ1n) is 8.05. The summed E-state index contributed by atoms with van der Waals surface area (Å²) >= 11 is 0. The van der Waals surface area contributed by atoms with Crippen LogP contribution in [0.25, 0.3) is 17.1 Å². The lowest BCUT2D eigenvalue weighted by Crippen LogP contribution is -2.32. The number of para-hydroxylation sites is 2. The molecule has 0 atom stereocenters. The lowest BCUT2D eigenvalue weighted by atomic mass is 10.2. The normalized spacial score (nSPS) is 11.0. The lowest BCUT2D eigenvalue weighted by Gasteiger charge is -2.07. The molecular formula is C19H13F3N4O2. The second-order valence-corrected chi connectivity index (χ2v) is 5.61. The molecule has 3 aromatic rings. The van der Waals surface area contributed by atoms with Gasteiger partial charge in [-0.3, -0.25) is 14.6 Å². The highest BCUT2D eigenvalue weighted by atomic mass is 19.2. The highest BCUT2D eigenvalue weighted by molar-refractivity contribution is 5.98. The van der Waals surface area contributed by atoms with Gasteiger partial charge in [0.2, 0.25) is 11.8 Å². The Kier molecular flexibility index (Phi) is 5.64. The molecule has 3 rings (SSSR count). The van der Waals surface area contributed by atoms with Gasteiger partial charge in [-0.1, -0.05) is 12.1 Å². The zero-order valence-corrected chi connectivity index (χ0v) is 14.2. The molecule has 0 aliphatic rings. The number of carbonyl (C=O) groups is 2. The van der Waals surface area contributed by atoms with Crippen molar-refractivity contribution in [3.8, 4) is 0 Å². The number of carbonyl (C=O) groups excluding carboxylic acids is 2. The van der Waals surface area contributed by atoms with E-state index in [1.807, 2.05) is 17.4 Å². The minimum Gasteiger partial charge on any atom is -0.343 e. The van der Waals surface area contributed by atoms with E-state index in [9.17, 15) is 22.8 Å². The van der Waals surface area contributed by atoms with Crippen LogP contribution in [-0.4, -0.2) is 28.3 Å². The quantitative estimate of drug-likeness (QED) is 0.522. The van der Waals surface area contributed by atoms with E-state index in [2.05, 4.69) is 15.3 Å². The van der Waals surface area contributed by atoms with Crippen molar-refractivity contribution in [3.63, 3.8) is 0 Å². The molecule has 1 aromatic heterocycles. The number of hydrogen-bond donors (Lipinski definition) is 2. The van der Waals surface area contributed by atoms with Crippen LogP contribution >= 0.6 is 0 Å². The SMILES string of the molecule is O=C(C=Cc1cnc2ccccc2n1)NCC(=O)Nc1ccc(F)c(F)c1F. The van der Waals surface area contributed by atoms with Gasteiger partial charge in [0.25, 0.3) is 0 Å². The Morgan fingerprint density at radius 3 is 2.54 bits per heavy atom. The molecule has 0 unspecified atom stereocenters. The van der Waals surface area contributed by atoms with Crippen LogP contribution in [0.5, 0.6) is 0 Å². The van der Waals surface area contributed by atoms with Crippen LogP contribution in [0.4, 0.5) is 18.9 Å². The summed E-state index contributed by atoms with van der Waals surface area (Å²) in [5.41, 5.74) is 1.30. The summed E-state index contributed by atoms with van der Waals surface area (Å²) in [6.07, 6.45) is 4.07. The first-order chi connectivity index (χ1) is 13.4. The number of nitrogens with one attached hydrogen (secondary N) is 2. The van der Waals surface area contributed by atoms with Crippen molar-refractivity contribution in [1.82, 2.24) is 15.3 Å². The van der Waals surface area contributed by atoms with E-state index >= 15 is 0 Å². The first-order valence-corrected chi connectivity index (χ1v) is 8.05. The van der Waals surface area contributed by atoms with E-state index in [4.69, 9.17) is 0 Å². The average Bonchev–Trinajstić information content (AvgIpc) is 2.71. The summed E-state index contributed by atoms with van der Waals surface area (Å²) in [4.78, 5) is 32.0. The summed E-state index contributed by atoms with van der Waals surface area (Å²) in [6.45, 7) is -0.495. The summed E-state index contributed by atoms with van der Waals surface area (Å²) in [6, 6.07) is 8.78. The van der Waals surface area contributed by atoms with Gasteiger partial charge in [0, 0.05) is 6.08 Å². The van der Waals surface area contributed by atoms with Gasteiger partial charge >= 0.3 is 0 Å². The number of nitrogens with zero attached hydrogens (tertiary/aromatic N) is 2. The predicted molar refractivity (Wildman–Crippen MR) is 96.5 cm³/mol. The molecule has 0 spiro atoms. The number of fused-ring (bicyclic) bond motifs is 1. The Morgan fingerprint density at radius 2 is 1.75 bits per heavy atom. The monoisotopic (exact) mass is 386 g/mol. The molecular weight excluding hydrogens is 373 g/mol. The molecule has 2 amide bonds. The number of rotatable bonds is 5. The number of amides is 2. The molecule has 9 heteroatoms. The van der Waals surface area contributed by atoms with Gasteiger partial charge in [0.1, 0.15) is 0 Å². The van der Waals surface area contributed by atoms with Crippen molar-refractivity contribution in [2.75, 3.05) is 11.9 Å². The summed E-state index contributed by atoms with van der Waals surface area (Å²) < 4.78 is 39.5. The molecule has 2 N–H and O–H groups in total. The fourth-order valence-corrected chi connectivity index (χ4v) is 2.26. The van der Waals surface area contributed by atoms with Gasteiger partial charge in [-0.25, -0.2) is 18.2 Å². The Balaban J connectivity index is 1.55. The predicted octanol–water partition coefficient (Wildman–Crippen LogP) is 2.82. The topological polar surface area (TPSA) is 84.0 Å². The molecule has 0 radical (unpaired) electrons. The van der Waals surface area contributed by atoms with E-state index in [0.717, 1.165) is 12.1 Å². The molecule has 0 bridgehead atoms. The standard InChI is InChI=1S/C19H13F3N4O2/c20-12-6-7-15(19(22)18(12)21)26-17(28)10-24-16(27)8-5-11-9-23-13-3-1-2-4-14(13)25-11/h1-9H,10H2,(H,24,27)(H,26,28). The van der Waals surface area contributed by atoms with Gasteiger partial charge in [0.15, 0.2) is 17.5 Å². The van der Waals surface area contributed by atoms with Crippen LogP contribution in [0.1, 0.15) is 5.69 Å². The van der Waals surface area contributed by atoms with Gasteiger partial charge < -0.3 is 10.6 Å². The highest BCUT2D eigenvalue weighted by Crippen LogP contribution is 2.19. The van der Waals surface area contributed by atoms with Crippen LogP contribution in [-0.2, 0) is 9.59 Å². The van der Waals surface area contributed by atoms with E-state index in [1.54, 1.807) is 12.1 Å². The van der Waals surface area contributed by atoms with Gasteiger partial charge in [-0.15, -0.1) is 0 Å². The Morgan fingerprint density at radius 1 is 1.00 bits per heavy atom. The Hall–Kier alpha value is -3.75. The molecule has 142 valence electrons. The van der Waals surface area contributed by atoms with Crippen LogP contribution in [0.3, 0.4) is 0 Å². The fourth-order valence-electron chi connectivity index (χ4n) is 2.26. The van der Waals surface area contributed by atoms with Crippen LogP contribution in [0, 0.1) is 17.5 Å². The van der Waals surface area contributed by atoms with Crippen molar-refractivity contribution < 1.29 is 22.8 Å². The van der Waals surface area contributed by atoms with Crippen molar-refractivity contribution in [2.45, 2.75) is 0 Å². The number of hydrogen-bond acceptors (Lipinski definition) is 4. The zero-order valence-electron chi connectivity index (χ0n) is 14.2. The molecule has 1 heterocycles. The summed E-state index contributed by atoms with van der Waals surface area (Å²) in [5.74, 6) is -5.99. The Labute approximate surface area is 157 Å². The molecule has 0 aliphatic carbocycles. The van der Waals surface area contributed by atoms with E-state index in [-0.39, 0.29) is 0 Å². The molecule has 6 nitrogen and oxygen atoms in total. The molecule has 0 fully saturated rings. The zero-order chi connectivity index (χ0) is 20.1. The maximum Gasteiger partial charge on any atom is 0.244 e. The average molecular weight is 386 g/mol. The molecule has 2 aromatic carbocycles. The van der Waals surface area contributed by atoms with Gasteiger partial charge in [-0.2, -0.15) is 0 Å². The smallest absolute Gasteiger partial charge is 0.244 e. The van der Waals surface area contributed by atoms with Crippen molar-refractivity contribution in [3.05, 3.63) is 71.8 Å². The minimum absolute atomic E-state index is 0.446. The second-order valence-electron chi connectivity index (χ2n) is 5.61. The fraction of sp³-hybridized carbons (Fsp3) is 0.0526. The van der Waals surface area contributed by atoms with Crippen molar-refractivity contribution in [1.29, 1.82) is 0 Å². The summed E-state index contributed by atoms with van der Waals surface area (Å²) in [5, 5.41) is 4.33. The van der Waals surface area contributed by atoms with Crippen molar-refractivity contribution >= 4 is 34.6 Å². The van der Waals surface area contributed by atoms with Crippen LogP contribution in [0.15, 0.2) is 48.7 Å². The van der Waals surface area contributed by atoms with Crippen LogP contribution < -0.4 is 10.6 Å².